The van der Waals surface area contributed by atoms with Gasteiger partial charge >= 0.3 is 0 Å². The Morgan fingerprint density at radius 2 is 1.94 bits per heavy atom. The summed E-state index contributed by atoms with van der Waals surface area (Å²) in [4.78, 5) is 16.2. The Bertz CT molecular complexity index is 566. The van der Waals surface area contributed by atoms with Crippen LogP contribution in [0.3, 0.4) is 0 Å². The molecule has 0 aliphatic heterocycles. The Morgan fingerprint density at radius 3 is 2.53 bits per heavy atom. The van der Waals surface area contributed by atoms with Crippen LogP contribution in [0.5, 0.6) is 0 Å². The van der Waals surface area contributed by atoms with Gasteiger partial charge in [-0.25, -0.2) is 0 Å². The molecule has 0 saturated heterocycles. The molecule has 0 aliphatic rings. The zero-order chi connectivity index (χ0) is 12.4. The maximum absolute atomic E-state index is 12.1. The molecule has 0 bridgehead atoms. The lowest BCUT2D eigenvalue weighted by molar-refractivity contribution is 0.103. The number of rotatable bonds is 2. The average Bonchev–Trinajstić information content (AvgIpc) is 2.33. The number of pyridine rings is 1. The lowest BCUT2D eigenvalue weighted by Crippen LogP contribution is -2.02. The molecule has 0 N–H and O–H groups in total. The first-order chi connectivity index (χ1) is 8.08. The molecule has 17 heavy (non-hydrogen) atoms. The van der Waals surface area contributed by atoms with Gasteiger partial charge in [-0.1, -0.05) is 11.6 Å². The molecule has 86 valence electrons. The summed E-state index contributed by atoms with van der Waals surface area (Å²) in [5, 5.41) is 0.524. The smallest absolute Gasteiger partial charge is 0.194 e. The molecule has 0 aliphatic carbocycles. The average molecular weight is 311 g/mol. The number of hydrogen-bond donors (Lipinski definition) is 0. The summed E-state index contributed by atoms with van der Waals surface area (Å²) in [6, 6.07) is 8.72. The van der Waals surface area contributed by atoms with E-state index in [9.17, 15) is 4.79 Å². The van der Waals surface area contributed by atoms with Crippen molar-refractivity contribution in [1.82, 2.24) is 4.98 Å². The number of ketones is 1. The third-order valence-corrected chi connectivity index (χ3v) is 3.59. The maximum atomic E-state index is 12.1. The molecule has 0 saturated carbocycles. The largest absolute Gasteiger partial charge is 0.289 e. The van der Waals surface area contributed by atoms with E-state index in [0.717, 1.165) is 10.2 Å². The first-order valence-corrected chi connectivity index (χ1v) is 6.17. The Kier molecular flexibility index (Phi) is 3.60. The number of hydrogen-bond acceptors (Lipinski definition) is 2. The van der Waals surface area contributed by atoms with Gasteiger partial charge in [0.05, 0.1) is 5.02 Å². The second-order valence-corrected chi connectivity index (χ2v) is 4.91. The fraction of sp³-hybridized carbons (Fsp3) is 0.0769. The van der Waals surface area contributed by atoms with E-state index in [4.69, 9.17) is 11.6 Å². The number of carbonyl (C=O) groups excluding carboxylic acids is 1. The predicted molar refractivity (Wildman–Crippen MR) is 71.6 cm³/mol. The molecule has 2 rings (SSSR count). The molecule has 0 amide bonds. The lowest BCUT2D eigenvalue weighted by Gasteiger charge is -2.03. The second-order valence-electron chi connectivity index (χ2n) is 3.65. The van der Waals surface area contributed by atoms with Gasteiger partial charge in [-0.3, -0.25) is 9.78 Å². The van der Waals surface area contributed by atoms with Gasteiger partial charge in [-0.15, -0.1) is 0 Å². The standard InChI is InChI=1S/C13H9BrClNO/c1-8-2-3-10(7-16-8)13(17)9-4-5-11(14)12(15)6-9/h2-7H,1H3. The highest BCUT2D eigenvalue weighted by atomic mass is 79.9. The van der Waals surface area contributed by atoms with Crippen LogP contribution in [-0.2, 0) is 0 Å². The first-order valence-electron chi connectivity index (χ1n) is 5.00. The van der Waals surface area contributed by atoms with E-state index in [1.165, 1.54) is 0 Å². The summed E-state index contributed by atoms with van der Waals surface area (Å²) in [7, 11) is 0. The monoisotopic (exact) mass is 309 g/mol. The fourth-order valence-electron chi connectivity index (χ4n) is 1.41. The van der Waals surface area contributed by atoms with E-state index in [0.29, 0.717) is 16.1 Å². The van der Waals surface area contributed by atoms with Gasteiger partial charge in [-0.05, 0) is 53.2 Å². The van der Waals surface area contributed by atoms with Crippen molar-refractivity contribution in [1.29, 1.82) is 0 Å². The normalized spacial score (nSPS) is 10.3. The summed E-state index contributed by atoms with van der Waals surface area (Å²) in [6.07, 6.45) is 1.58. The van der Waals surface area contributed by atoms with E-state index in [1.54, 1.807) is 30.5 Å². The quantitative estimate of drug-likeness (QED) is 0.784. The molecule has 4 heteroatoms. The van der Waals surface area contributed by atoms with E-state index in [1.807, 2.05) is 13.0 Å². The van der Waals surface area contributed by atoms with Gasteiger partial charge in [0.15, 0.2) is 5.78 Å². The highest BCUT2D eigenvalue weighted by Gasteiger charge is 2.10. The van der Waals surface area contributed by atoms with Crippen LogP contribution in [0.2, 0.25) is 5.02 Å². The van der Waals surface area contributed by atoms with Gasteiger partial charge in [0.1, 0.15) is 0 Å². The van der Waals surface area contributed by atoms with Crippen molar-refractivity contribution >= 4 is 33.3 Å². The number of aryl methyl sites for hydroxylation is 1. The van der Waals surface area contributed by atoms with E-state index in [2.05, 4.69) is 20.9 Å². The maximum Gasteiger partial charge on any atom is 0.194 e. The van der Waals surface area contributed by atoms with Crippen molar-refractivity contribution in [2.45, 2.75) is 6.92 Å². The van der Waals surface area contributed by atoms with Crippen molar-refractivity contribution in [3.63, 3.8) is 0 Å². The molecule has 1 aromatic heterocycles. The van der Waals surface area contributed by atoms with E-state index < -0.39 is 0 Å². The Morgan fingerprint density at radius 1 is 1.24 bits per heavy atom. The second kappa shape index (κ2) is 4.98. The Balaban J connectivity index is 2.37. The van der Waals surface area contributed by atoms with Crippen LogP contribution in [-0.4, -0.2) is 10.8 Å². The van der Waals surface area contributed by atoms with Gasteiger partial charge in [0.25, 0.3) is 0 Å². The van der Waals surface area contributed by atoms with Crippen molar-refractivity contribution in [2.24, 2.45) is 0 Å². The molecule has 0 spiro atoms. The topological polar surface area (TPSA) is 30.0 Å². The molecule has 2 aromatic rings. The Labute approximate surface area is 113 Å². The predicted octanol–water partition coefficient (Wildman–Crippen LogP) is 4.04. The van der Waals surface area contributed by atoms with Crippen molar-refractivity contribution in [3.05, 3.63) is 62.8 Å². The third-order valence-electron chi connectivity index (χ3n) is 2.36. The molecule has 1 heterocycles. The molecular formula is C13H9BrClNO. The van der Waals surface area contributed by atoms with Crippen LogP contribution in [0.25, 0.3) is 0 Å². The summed E-state index contributed by atoms with van der Waals surface area (Å²) in [5.74, 6) is -0.0769. The number of halogens is 2. The summed E-state index contributed by atoms with van der Waals surface area (Å²) >= 11 is 9.24. The van der Waals surface area contributed by atoms with Crippen molar-refractivity contribution < 1.29 is 4.79 Å². The van der Waals surface area contributed by atoms with Crippen LogP contribution in [0.15, 0.2) is 41.0 Å². The van der Waals surface area contributed by atoms with Crippen LogP contribution in [0, 0.1) is 6.92 Å². The summed E-state index contributed by atoms with van der Waals surface area (Å²) in [6.45, 7) is 1.88. The zero-order valence-corrected chi connectivity index (χ0v) is 11.4. The molecule has 0 fully saturated rings. The minimum absolute atomic E-state index is 0.0769. The highest BCUT2D eigenvalue weighted by Crippen LogP contribution is 2.24. The molecule has 0 radical (unpaired) electrons. The molecule has 0 atom stereocenters. The van der Waals surface area contributed by atoms with Crippen LogP contribution >= 0.6 is 27.5 Å². The first kappa shape index (κ1) is 12.3. The SMILES string of the molecule is Cc1ccc(C(=O)c2ccc(Br)c(Cl)c2)cn1. The minimum atomic E-state index is -0.0769. The number of carbonyl (C=O) groups is 1. The van der Waals surface area contributed by atoms with Crippen molar-refractivity contribution in [3.8, 4) is 0 Å². The van der Waals surface area contributed by atoms with Crippen LogP contribution in [0.4, 0.5) is 0 Å². The fourth-order valence-corrected chi connectivity index (χ4v) is 1.83. The van der Waals surface area contributed by atoms with Crippen molar-refractivity contribution in [2.75, 3.05) is 0 Å². The number of nitrogens with zero attached hydrogens (tertiary/aromatic N) is 1. The van der Waals surface area contributed by atoms with Gasteiger partial charge < -0.3 is 0 Å². The number of aromatic nitrogens is 1. The lowest BCUT2D eigenvalue weighted by atomic mass is 10.1. The van der Waals surface area contributed by atoms with Gasteiger partial charge in [0, 0.05) is 27.5 Å². The minimum Gasteiger partial charge on any atom is -0.289 e. The van der Waals surface area contributed by atoms with E-state index >= 15 is 0 Å². The molecule has 0 unspecified atom stereocenters. The molecule has 2 nitrogen and oxygen atoms in total. The van der Waals surface area contributed by atoms with Crippen LogP contribution < -0.4 is 0 Å². The molecular weight excluding hydrogens is 302 g/mol. The van der Waals surface area contributed by atoms with Gasteiger partial charge in [-0.2, -0.15) is 0 Å². The van der Waals surface area contributed by atoms with Gasteiger partial charge in [0.2, 0.25) is 0 Å². The molecule has 1 aromatic carbocycles. The van der Waals surface area contributed by atoms with Crippen LogP contribution in [0.1, 0.15) is 21.6 Å². The Hall–Kier alpha value is -1.19. The zero-order valence-electron chi connectivity index (χ0n) is 9.08. The summed E-state index contributed by atoms with van der Waals surface area (Å²) < 4.78 is 0.776. The van der Waals surface area contributed by atoms with E-state index in [-0.39, 0.29) is 5.78 Å². The highest BCUT2D eigenvalue weighted by molar-refractivity contribution is 9.10. The third kappa shape index (κ3) is 2.73. The summed E-state index contributed by atoms with van der Waals surface area (Å²) in [5.41, 5.74) is 2.01. The number of benzene rings is 1.